The minimum Gasteiger partial charge on any atom is -0.385 e. The van der Waals surface area contributed by atoms with Crippen molar-refractivity contribution in [3.05, 3.63) is 75.8 Å². The van der Waals surface area contributed by atoms with Gasteiger partial charge < -0.3 is 5.32 Å². The molecule has 0 amide bonds. The van der Waals surface area contributed by atoms with E-state index < -0.39 is 0 Å². The number of non-ortho nitro benzene ring substituents is 1. The summed E-state index contributed by atoms with van der Waals surface area (Å²) in [5.41, 5.74) is 3.15. The first-order chi connectivity index (χ1) is 11.6. The number of hydrogen-bond donors (Lipinski definition) is 1. The summed E-state index contributed by atoms with van der Waals surface area (Å²) in [5, 5.41) is 14.3. The highest BCUT2D eigenvalue weighted by Gasteiger charge is 2.07. The lowest BCUT2D eigenvalue weighted by atomic mass is 10.1. The first-order valence-corrected chi connectivity index (χ1v) is 8.31. The summed E-state index contributed by atoms with van der Waals surface area (Å²) in [6.45, 7) is 5.32. The Kier molecular flexibility index (Phi) is 6.55. The van der Waals surface area contributed by atoms with E-state index in [0.717, 1.165) is 29.8 Å². The van der Waals surface area contributed by atoms with Gasteiger partial charge >= 0.3 is 0 Å². The second kappa shape index (κ2) is 8.87. The maximum Gasteiger partial charge on any atom is 0.269 e. The summed E-state index contributed by atoms with van der Waals surface area (Å²) >= 11 is 0. The third-order valence-electron chi connectivity index (χ3n) is 3.77. The Morgan fingerprint density at radius 2 is 1.79 bits per heavy atom. The Labute approximate surface area is 143 Å². The topological polar surface area (TPSA) is 55.2 Å². The van der Waals surface area contributed by atoms with Crippen LogP contribution in [0.1, 0.15) is 37.8 Å². The van der Waals surface area contributed by atoms with Crippen molar-refractivity contribution in [3.63, 3.8) is 0 Å². The van der Waals surface area contributed by atoms with Gasteiger partial charge in [0.05, 0.1) is 4.92 Å². The molecule has 0 saturated carbocycles. The van der Waals surface area contributed by atoms with E-state index in [1.54, 1.807) is 24.3 Å². The number of nitrogens with zero attached hydrogens (tertiary/aromatic N) is 1. The van der Waals surface area contributed by atoms with E-state index in [0.29, 0.717) is 5.92 Å². The van der Waals surface area contributed by atoms with E-state index in [4.69, 9.17) is 0 Å². The number of nitro benzene ring substituents is 1. The predicted octanol–water partition coefficient (Wildman–Crippen LogP) is 5.12. The van der Waals surface area contributed by atoms with Gasteiger partial charge in [0, 0.05) is 24.4 Å². The summed E-state index contributed by atoms with van der Waals surface area (Å²) in [7, 11) is 0. The van der Waals surface area contributed by atoms with Crippen molar-refractivity contribution in [2.45, 2.75) is 26.7 Å². The van der Waals surface area contributed by atoms with Crippen molar-refractivity contribution < 1.29 is 4.92 Å². The molecule has 0 heterocycles. The van der Waals surface area contributed by atoms with Crippen LogP contribution >= 0.6 is 0 Å². The molecule has 0 unspecified atom stereocenters. The van der Waals surface area contributed by atoms with Gasteiger partial charge in [0.15, 0.2) is 0 Å². The van der Waals surface area contributed by atoms with Gasteiger partial charge in [-0.2, -0.15) is 0 Å². The van der Waals surface area contributed by atoms with Crippen LogP contribution in [0.25, 0.3) is 11.8 Å². The van der Waals surface area contributed by atoms with E-state index in [-0.39, 0.29) is 10.6 Å². The SMILES string of the molecule is CC(C)CCCNC(=Cc1ccccc1)c1ccc([N+](=O)[O-])cc1. The van der Waals surface area contributed by atoms with E-state index in [9.17, 15) is 10.1 Å². The van der Waals surface area contributed by atoms with Crippen LogP contribution in [-0.4, -0.2) is 11.5 Å². The third kappa shape index (κ3) is 5.54. The second-order valence-electron chi connectivity index (χ2n) is 6.24. The Hall–Kier alpha value is -2.62. The number of benzene rings is 2. The first kappa shape index (κ1) is 17.7. The van der Waals surface area contributed by atoms with E-state index in [1.165, 1.54) is 6.42 Å². The molecule has 4 heteroatoms. The van der Waals surface area contributed by atoms with Gasteiger partial charge in [0.25, 0.3) is 5.69 Å². The number of nitrogens with one attached hydrogen (secondary N) is 1. The lowest BCUT2D eigenvalue weighted by Gasteiger charge is -2.13. The summed E-state index contributed by atoms with van der Waals surface area (Å²) in [6, 6.07) is 16.7. The molecule has 0 fully saturated rings. The fourth-order valence-corrected chi connectivity index (χ4v) is 2.45. The van der Waals surface area contributed by atoms with E-state index in [1.807, 2.05) is 30.3 Å². The van der Waals surface area contributed by atoms with Gasteiger partial charge in [0.1, 0.15) is 0 Å². The molecular formula is C20H24N2O2. The minimum absolute atomic E-state index is 0.109. The first-order valence-electron chi connectivity index (χ1n) is 8.31. The summed E-state index contributed by atoms with van der Waals surface area (Å²) < 4.78 is 0. The van der Waals surface area contributed by atoms with Crippen molar-refractivity contribution in [1.82, 2.24) is 5.32 Å². The smallest absolute Gasteiger partial charge is 0.269 e. The van der Waals surface area contributed by atoms with Gasteiger partial charge in [-0.05, 0) is 48.1 Å². The fourth-order valence-electron chi connectivity index (χ4n) is 2.45. The zero-order chi connectivity index (χ0) is 17.4. The summed E-state index contributed by atoms with van der Waals surface area (Å²) in [6.07, 6.45) is 4.35. The highest BCUT2D eigenvalue weighted by molar-refractivity contribution is 5.80. The molecule has 0 bridgehead atoms. The average Bonchev–Trinajstić information content (AvgIpc) is 2.58. The second-order valence-corrected chi connectivity index (χ2v) is 6.24. The zero-order valence-electron chi connectivity index (χ0n) is 14.2. The molecule has 1 N–H and O–H groups in total. The quantitative estimate of drug-likeness (QED) is 0.317. The Balaban J connectivity index is 2.18. The van der Waals surface area contributed by atoms with E-state index >= 15 is 0 Å². The molecular weight excluding hydrogens is 300 g/mol. The van der Waals surface area contributed by atoms with Crippen LogP contribution in [0, 0.1) is 16.0 Å². The predicted molar refractivity (Wildman–Crippen MR) is 99.5 cm³/mol. The molecule has 0 spiro atoms. The van der Waals surface area contributed by atoms with Crippen molar-refractivity contribution >= 4 is 17.5 Å². The lowest BCUT2D eigenvalue weighted by molar-refractivity contribution is -0.384. The molecule has 0 saturated heterocycles. The Bertz CT molecular complexity index is 677. The molecule has 2 aromatic rings. The highest BCUT2D eigenvalue weighted by atomic mass is 16.6. The fraction of sp³-hybridized carbons (Fsp3) is 0.300. The van der Waals surface area contributed by atoms with Crippen molar-refractivity contribution in [1.29, 1.82) is 0 Å². The van der Waals surface area contributed by atoms with Crippen molar-refractivity contribution in [2.75, 3.05) is 6.54 Å². The van der Waals surface area contributed by atoms with Crippen LogP contribution in [-0.2, 0) is 0 Å². The maximum absolute atomic E-state index is 10.8. The van der Waals surface area contributed by atoms with Crippen LogP contribution in [0.4, 0.5) is 5.69 Å². The molecule has 2 aromatic carbocycles. The number of rotatable bonds is 8. The van der Waals surface area contributed by atoms with Gasteiger partial charge in [-0.25, -0.2) is 0 Å². The monoisotopic (exact) mass is 324 g/mol. The summed E-state index contributed by atoms with van der Waals surface area (Å²) in [5.74, 6) is 0.688. The molecule has 0 aromatic heterocycles. The van der Waals surface area contributed by atoms with Crippen LogP contribution in [0.3, 0.4) is 0 Å². The molecule has 0 aliphatic heterocycles. The number of hydrogen-bond acceptors (Lipinski definition) is 3. The molecule has 0 atom stereocenters. The zero-order valence-corrected chi connectivity index (χ0v) is 14.2. The van der Waals surface area contributed by atoms with Gasteiger partial charge in [0.2, 0.25) is 0 Å². The van der Waals surface area contributed by atoms with Crippen LogP contribution < -0.4 is 5.32 Å². The van der Waals surface area contributed by atoms with E-state index in [2.05, 4.69) is 25.2 Å². The maximum atomic E-state index is 10.8. The van der Waals surface area contributed by atoms with Gasteiger partial charge in [-0.3, -0.25) is 10.1 Å². The molecule has 0 aliphatic carbocycles. The van der Waals surface area contributed by atoms with Crippen LogP contribution in [0.5, 0.6) is 0 Å². The largest absolute Gasteiger partial charge is 0.385 e. The molecule has 4 nitrogen and oxygen atoms in total. The molecule has 0 radical (unpaired) electrons. The Morgan fingerprint density at radius 1 is 1.12 bits per heavy atom. The minimum atomic E-state index is -0.375. The lowest BCUT2D eigenvalue weighted by Crippen LogP contribution is -2.14. The normalized spacial score (nSPS) is 11.5. The van der Waals surface area contributed by atoms with Crippen molar-refractivity contribution in [3.8, 4) is 0 Å². The summed E-state index contributed by atoms with van der Waals surface area (Å²) in [4.78, 5) is 10.4. The highest BCUT2D eigenvalue weighted by Crippen LogP contribution is 2.20. The van der Waals surface area contributed by atoms with Crippen molar-refractivity contribution in [2.24, 2.45) is 5.92 Å². The molecule has 126 valence electrons. The Morgan fingerprint density at radius 3 is 2.38 bits per heavy atom. The van der Waals surface area contributed by atoms with Gasteiger partial charge in [-0.15, -0.1) is 0 Å². The standard InChI is InChI=1S/C20H24N2O2/c1-16(2)7-6-14-21-20(15-17-8-4-3-5-9-17)18-10-12-19(13-11-18)22(23)24/h3-5,8-13,15-16,21H,6-7,14H2,1-2H3. The third-order valence-corrected chi connectivity index (χ3v) is 3.77. The molecule has 0 aliphatic rings. The van der Waals surface area contributed by atoms with Crippen LogP contribution in [0.2, 0.25) is 0 Å². The van der Waals surface area contributed by atoms with Crippen LogP contribution in [0.15, 0.2) is 54.6 Å². The molecule has 2 rings (SSSR count). The molecule has 24 heavy (non-hydrogen) atoms. The number of nitro groups is 1. The average molecular weight is 324 g/mol. The van der Waals surface area contributed by atoms with Gasteiger partial charge in [-0.1, -0.05) is 44.2 Å².